The lowest BCUT2D eigenvalue weighted by Gasteiger charge is -2.34. The Kier molecular flexibility index (Phi) is 8.31. The zero-order chi connectivity index (χ0) is 27.2. The van der Waals surface area contributed by atoms with Crippen LogP contribution in [0.5, 0.6) is 5.88 Å². The molecule has 0 spiro atoms. The molecule has 1 aromatic carbocycles. The summed E-state index contributed by atoms with van der Waals surface area (Å²) in [6.45, 7) is 7.46. The molecule has 0 unspecified atom stereocenters. The standard InChI is InChI=1S/C29H33FN6O3/c1-21-10-12-34(13-11-21)20-22-2-4-23(5-3-22)28(37)33-25-7-9-27(32-19-25)39-29(38)36-16-14-35(15-17-36)26-8-6-24(30)18-31-26/h2-9,18-19,21H,10-17,20H2,1H3,(H,33,37). The maximum Gasteiger partial charge on any atom is 0.416 e. The molecule has 2 saturated heterocycles. The van der Waals surface area contributed by atoms with Gasteiger partial charge in [-0.3, -0.25) is 9.69 Å². The van der Waals surface area contributed by atoms with Crippen molar-refractivity contribution in [1.82, 2.24) is 19.8 Å². The Hall–Kier alpha value is -4.05. The van der Waals surface area contributed by atoms with Gasteiger partial charge in [-0.1, -0.05) is 19.1 Å². The van der Waals surface area contributed by atoms with Crippen molar-refractivity contribution in [2.75, 3.05) is 49.5 Å². The monoisotopic (exact) mass is 532 g/mol. The molecule has 2 amide bonds. The molecule has 3 aromatic rings. The van der Waals surface area contributed by atoms with Gasteiger partial charge in [0, 0.05) is 44.4 Å². The average Bonchev–Trinajstić information content (AvgIpc) is 2.96. The minimum atomic E-state index is -0.495. The molecule has 39 heavy (non-hydrogen) atoms. The summed E-state index contributed by atoms with van der Waals surface area (Å²) in [4.78, 5) is 39.6. The Bertz CT molecular complexity index is 1250. The van der Waals surface area contributed by atoms with Crippen LogP contribution in [0.3, 0.4) is 0 Å². The van der Waals surface area contributed by atoms with Gasteiger partial charge in [0.05, 0.1) is 18.1 Å². The van der Waals surface area contributed by atoms with Crippen LogP contribution in [0.25, 0.3) is 0 Å². The van der Waals surface area contributed by atoms with Gasteiger partial charge >= 0.3 is 6.09 Å². The Labute approximate surface area is 227 Å². The number of nitrogens with zero attached hydrogens (tertiary/aromatic N) is 5. The molecule has 2 aliphatic heterocycles. The summed E-state index contributed by atoms with van der Waals surface area (Å²) in [6.07, 6.45) is 4.62. The van der Waals surface area contributed by atoms with Crippen LogP contribution in [0.15, 0.2) is 60.9 Å². The average molecular weight is 533 g/mol. The van der Waals surface area contributed by atoms with E-state index >= 15 is 0 Å². The van der Waals surface area contributed by atoms with Crippen molar-refractivity contribution >= 4 is 23.5 Å². The number of hydrogen-bond acceptors (Lipinski definition) is 7. The molecule has 0 bridgehead atoms. The third kappa shape index (κ3) is 7.08. The van der Waals surface area contributed by atoms with Crippen LogP contribution in [0, 0.1) is 11.7 Å². The number of piperidine rings is 1. The maximum absolute atomic E-state index is 13.1. The number of amides is 2. The van der Waals surface area contributed by atoms with Crippen molar-refractivity contribution in [2.24, 2.45) is 5.92 Å². The first-order chi connectivity index (χ1) is 18.9. The summed E-state index contributed by atoms with van der Waals surface area (Å²) in [7, 11) is 0. The van der Waals surface area contributed by atoms with Gasteiger partial charge in [-0.25, -0.2) is 19.2 Å². The first kappa shape index (κ1) is 26.6. The molecule has 0 radical (unpaired) electrons. The Morgan fingerprint density at radius 1 is 0.923 bits per heavy atom. The number of halogens is 1. The van der Waals surface area contributed by atoms with Crippen molar-refractivity contribution in [3.8, 4) is 5.88 Å². The van der Waals surface area contributed by atoms with Gasteiger partial charge in [0.2, 0.25) is 5.88 Å². The van der Waals surface area contributed by atoms with Crippen LogP contribution < -0.4 is 15.0 Å². The molecule has 10 heteroatoms. The van der Waals surface area contributed by atoms with Crippen molar-refractivity contribution in [3.05, 3.63) is 77.9 Å². The number of likely N-dealkylation sites (tertiary alicyclic amines) is 1. The van der Waals surface area contributed by atoms with Crippen LogP contribution in [0.2, 0.25) is 0 Å². The van der Waals surface area contributed by atoms with E-state index in [9.17, 15) is 14.0 Å². The number of ether oxygens (including phenoxy) is 1. The lowest BCUT2D eigenvalue weighted by atomic mass is 9.99. The minimum absolute atomic E-state index is 0.150. The van der Waals surface area contributed by atoms with Crippen LogP contribution in [-0.2, 0) is 6.54 Å². The van der Waals surface area contributed by atoms with Gasteiger partial charge < -0.3 is 19.9 Å². The van der Waals surface area contributed by atoms with Crippen molar-refractivity contribution in [2.45, 2.75) is 26.3 Å². The number of rotatable bonds is 6. The van der Waals surface area contributed by atoms with E-state index in [0.717, 1.165) is 25.6 Å². The Morgan fingerprint density at radius 2 is 1.67 bits per heavy atom. The lowest BCUT2D eigenvalue weighted by molar-refractivity contribution is 0.102. The quantitative estimate of drug-likeness (QED) is 0.503. The number of benzene rings is 1. The van der Waals surface area contributed by atoms with Gasteiger partial charge in [0.15, 0.2) is 0 Å². The summed E-state index contributed by atoms with van der Waals surface area (Å²) in [5.74, 6) is 1.01. The second kappa shape index (κ2) is 12.2. The zero-order valence-corrected chi connectivity index (χ0v) is 22.1. The van der Waals surface area contributed by atoms with Crippen molar-refractivity contribution < 1.29 is 18.7 Å². The summed E-state index contributed by atoms with van der Waals surface area (Å²) >= 11 is 0. The van der Waals surface area contributed by atoms with E-state index in [2.05, 4.69) is 27.1 Å². The normalized spacial score (nSPS) is 16.7. The third-order valence-corrected chi connectivity index (χ3v) is 7.26. The van der Waals surface area contributed by atoms with E-state index in [1.807, 2.05) is 29.2 Å². The van der Waals surface area contributed by atoms with Crippen LogP contribution in [-0.4, -0.2) is 71.0 Å². The largest absolute Gasteiger partial charge is 0.416 e. The molecule has 2 fully saturated rings. The second-order valence-corrected chi connectivity index (χ2v) is 10.2. The fourth-order valence-corrected chi connectivity index (χ4v) is 4.78. The number of carbonyl (C=O) groups is 2. The fourth-order valence-electron chi connectivity index (χ4n) is 4.78. The molecule has 5 rings (SSSR count). The van der Waals surface area contributed by atoms with Gasteiger partial charge in [0.25, 0.3) is 5.91 Å². The maximum atomic E-state index is 13.1. The highest BCUT2D eigenvalue weighted by molar-refractivity contribution is 6.04. The van der Waals surface area contributed by atoms with Crippen LogP contribution in [0.4, 0.5) is 20.7 Å². The summed E-state index contributed by atoms with van der Waals surface area (Å²) in [5, 5.41) is 2.83. The lowest BCUT2D eigenvalue weighted by Crippen LogP contribution is -2.49. The van der Waals surface area contributed by atoms with Crippen molar-refractivity contribution in [3.63, 3.8) is 0 Å². The first-order valence-corrected chi connectivity index (χ1v) is 13.3. The van der Waals surface area contributed by atoms with Crippen LogP contribution >= 0.6 is 0 Å². The molecular formula is C29H33FN6O3. The summed E-state index contributed by atoms with van der Waals surface area (Å²) in [5.41, 5.74) is 2.27. The van der Waals surface area contributed by atoms with E-state index < -0.39 is 6.09 Å². The first-order valence-electron chi connectivity index (χ1n) is 13.3. The van der Waals surface area contributed by atoms with Crippen molar-refractivity contribution in [1.29, 1.82) is 0 Å². The number of carbonyl (C=O) groups excluding carboxylic acids is 2. The zero-order valence-electron chi connectivity index (χ0n) is 22.1. The number of aromatic nitrogens is 2. The minimum Gasteiger partial charge on any atom is -0.391 e. The number of nitrogens with one attached hydrogen (secondary N) is 1. The molecule has 4 heterocycles. The topological polar surface area (TPSA) is 90.9 Å². The number of pyridine rings is 2. The predicted octanol–water partition coefficient (Wildman–Crippen LogP) is 4.42. The molecule has 9 nitrogen and oxygen atoms in total. The van der Waals surface area contributed by atoms with Gasteiger partial charge in [-0.15, -0.1) is 0 Å². The van der Waals surface area contributed by atoms with E-state index in [4.69, 9.17) is 4.74 Å². The molecular weight excluding hydrogens is 499 g/mol. The van der Waals surface area contributed by atoms with E-state index in [1.165, 1.54) is 36.9 Å². The highest BCUT2D eigenvalue weighted by atomic mass is 19.1. The van der Waals surface area contributed by atoms with E-state index in [0.29, 0.717) is 43.2 Å². The molecule has 0 saturated carbocycles. The molecule has 1 N–H and O–H groups in total. The summed E-state index contributed by atoms with van der Waals surface area (Å²) < 4.78 is 18.5. The van der Waals surface area contributed by atoms with Crippen LogP contribution in [0.1, 0.15) is 35.7 Å². The highest BCUT2D eigenvalue weighted by Crippen LogP contribution is 2.20. The highest BCUT2D eigenvalue weighted by Gasteiger charge is 2.24. The fraction of sp³-hybridized carbons (Fsp3) is 0.379. The number of piperazine rings is 1. The smallest absolute Gasteiger partial charge is 0.391 e. The Morgan fingerprint density at radius 3 is 2.31 bits per heavy atom. The predicted molar refractivity (Wildman–Crippen MR) is 146 cm³/mol. The van der Waals surface area contributed by atoms with E-state index in [-0.39, 0.29) is 17.6 Å². The van der Waals surface area contributed by atoms with Gasteiger partial charge in [-0.05, 0) is 67.7 Å². The number of hydrogen-bond donors (Lipinski definition) is 1. The summed E-state index contributed by atoms with van der Waals surface area (Å²) in [6, 6.07) is 13.9. The second-order valence-electron chi connectivity index (χ2n) is 10.2. The molecule has 2 aromatic heterocycles. The number of anilines is 2. The molecule has 204 valence electrons. The molecule has 0 aliphatic carbocycles. The third-order valence-electron chi connectivity index (χ3n) is 7.26. The SMILES string of the molecule is CC1CCN(Cc2ccc(C(=O)Nc3ccc(OC(=O)N4CCN(c5ccc(F)cn5)CC4)nc3)cc2)CC1. The van der Waals surface area contributed by atoms with Gasteiger partial charge in [-0.2, -0.15) is 0 Å². The molecule has 2 aliphatic rings. The molecule has 0 atom stereocenters. The Balaban J connectivity index is 1.07. The van der Waals surface area contributed by atoms with E-state index in [1.54, 1.807) is 23.1 Å². The van der Waals surface area contributed by atoms with Gasteiger partial charge in [0.1, 0.15) is 11.6 Å².